The lowest BCUT2D eigenvalue weighted by atomic mass is 9.92. The lowest BCUT2D eigenvalue weighted by Crippen LogP contribution is -2.16. The Morgan fingerprint density at radius 3 is 2.56 bits per heavy atom. The first-order valence-corrected chi connectivity index (χ1v) is 6.78. The minimum absolute atomic E-state index is 0.0390. The SMILES string of the molecule is Cn1cncc1-c1nc(=S)c(Br)c(C(C)(C)C)[nH]1. The molecule has 0 aromatic carbocycles. The third-order valence-electron chi connectivity index (χ3n) is 2.67. The van der Waals surface area contributed by atoms with E-state index >= 15 is 0 Å². The molecule has 0 spiro atoms. The van der Waals surface area contributed by atoms with Gasteiger partial charge in [-0.3, -0.25) is 0 Å². The molecule has 0 saturated heterocycles. The highest BCUT2D eigenvalue weighted by molar-refractivity contribution is 9.10. The molecule has 0 amide bonds. The van der Waals surface area contributed by atoms with Crippen molar-refractivity contribution < 1.29 is 0 Å². The first-order chi connectivity index (χ1) is 8.30. The van der Waals surface area contributed by atoms with Crippen LogP contribution in [0, 0.1) is 4.64 Å². The largest absolute Gasteiger partial charge is 0.340 e. The maximum Gasteiger partial charge on any atom is 0.157 e. The van der Waals surface area contributed by atoms with Gasteiger partial charge in [0.15, 0.2) is 5.82 Å². The lowest BCUT2D eigenvalue weighted by molar-refractivity contribution is 0.563. The number of rotatable bonds is 1. The predicted molar refractivity (Wildman–Crippen MR) is 78.0 cm³/mol. The highest BCUT2D eigenvalue weighted by Gasteiger charge is 2.21. The lowest BCUT2D eigenvalue weighted by Gasteiger charge is -2.21. The second-order valence-electron chi connectivity index (χ2n) is 5.22. The molecule has 0 bridgehead atoms. The van der Waals surface area contributed by atoms with Crippen molar-refractivity contribution in [1.82, 2.24) is 19.5 Å². The molecule has 6 heteroatoms. The molecule has 0 aliphatic carbocycles. The fraction of sp³-hybridized carbons (Fsp3) is 0.417. The summed E-state index contributed by atoms with van der Waals surface area (Å²) >= 11 is 8.82. The molecule has 0 aliphatic heterocycles. The van der Waals surface area contributed by atoms with Gasteiger partial charge in [0.25, 0.3) is 0 Å². The molecule has 0 aliphatic rings. The van der Waals surface area contributed by atoms with E-state index in [9.17, 15) is 0 Å². The first-order valence-electron chi connectivity index (χ1n) is 5.57. The normalized spacial score (nSPS) is 11.8. The van der Waals surface area contributed by atoms with Crippen LogP contribution in [0.4, 0.5) is 0 Å². The zero-order valence-corrected chi connectivity index (χ0v) is 13.2. The van der Waals surface area contributed by atoms with Crippen LogP contribution in [0.1, 0.15) is 26.5 Å². The van der Waals surface area contributed by atoms with Crippen molar-refractivity contribution in [2.75, 3.05) is 0 Å². The van der Waals surface area contributed by atoms with Crippen molar-refractivity contribution >= 4 is 28.1 Å². The summed E-state index contributed by atoms with van der Waals surface area (Å²) in [5, 5.41) is 0. The average molecular weight is 327 g/mol. The van der Waals surface area contributed by atoms with Crippen molar-refractivity contribution in [1.29, 1.82) is 0 Å². The molecule has 1 N–H and O–H groups in total. The molecule has 2 aromatic heterocycles. The number of hydrogen-bond donors (Lipinski definition) is 1. The monoisotopic (exact) mass is 326 g/mol. The molecule has 18 heavy (non-hydrogen) atoms. The van der Waals surface area contributed by atoms with Crippen LogP contribution in [0.15, 0.2) is 17.0 Å². The minimum atomic E-state index is -0.0390. The molecule has 2 rings (SSSR count). The topological polar surface area (TPSA) is 46.5 Å². The highest BCUT2D eigenvalue weighted by atomic mass is 79.9. The molecule has 0 saturated carbocycles. The third-order valence-corrected chi connectivity index (χ3v) is 4.00. The van der Waals surface area contributed by atoms with E-state index in [-0.39, 0.29) is 5.41 Å². The maximum atomic E-state index is 5.31. The van der Waals surface area contributed by atoms with Gasteiger partial charge < -0.3 is 9.55 Å². The number of nitrogens with zero attached hydrogens (tertiary/aromatic N) is 3. The molecule has 2 aromatic rings. The summed E-state index contributed by atoms with van der Waals surface area (Å²) in [6.45, 7) is 6.39. The van der Waals surface area contributed by atoms with E-state index in [0.717, 1.165) is 21.7 Å². The maximum absolute atomic E-state index is 5.31. The van der Waals surface area contributed by atoms with Gasteiger partial charge in [-0.25, -0.2) is 9.97 Å². The molecular formula is C12H15BrN4S. The molecule has 0 radical (unpaired) electrons. The summed E-state index contributed by atoms with van der Waals surface area (Å²) in [5.74, 6) is 0.744. The Labute approximate surface area is 120 Å². The Bertz CT molecular complexity index is 636. The van der Waals surface area contributed by atoms with E-state index in [0.29, 0.717) is 4.64 Å². The Hall–Kier alpha value is -1.01. The van der Waals surface area contributed by atoms with E-state index in [1.54, 1.807) is 12.5 Å². The van der Waals surface area contributed by atoms with Crippen LogP contribution in [0.25, 0.3) is 11.5 Å². The number of H-pyrrole nitrogens is 1. The quantitative estimate of drug-likeness (QED) is 0.814. The van der Waals surface area contributed by atoms with Gasteiger partial charge in [-0.05, 0) is 15.9 Å². The standard InChI is InChI=1S/C12H15BrN4S/c1-12(2,3)9-8(13)11(18)16-10(15-9)7-5-14-6-17(7)4/h5-6H,1-4H3,(H,15,16,18). The van der Waals surface area contributed by atoms with Crippen LogP contribution in [-0.4, -0.2) is 19.5 Å². The summed E-state index contributed by atoms with van der Waals surface area (Å²) in [4.78, 5) is 11.9. The van der Waals surface area contributed by atoms with Crippen LogP contribution < -0.4 is 0 Å². The number of nitrogens with one attached hydrogen (secondary N) is 1. The van der Waals surface area contributed by atoms with Crippen LogP contribution >= 0.6 is 28.1 Å². The average Bonchev–Trinajstić information content (AvgIpc) is 2.66. The number of imidazole rings is 1. The molecule has 0 unspecified atom stereocenters. The van der Waals surface area contributed by atoms with Crippen molar-refractivity contribution in [2.24, 2.45) is 7.05 Å². The van der Waals surface area contributed by atoms with Crippen molar-refractivity contribution in [3.8, 4) is 11.5 Å². The summed E-state index contributed by atoms with van der Waals surface area (Å²) in [5.41, 5.74) is 1.92. The van der Waals surface area contributed by atoms with Gasteiger partial charge in [-0.15, -0.1) is 0 Å². The van der Waals surface area contributed by atoms with E-state index in [1.807, 2.05) is 11.6 Å². The van der Waals surface area contributed by atoms with E-state index < -0.39 is 0 Å². The second kappa shape index (κ2) is 4.59. The molecule has 4 nitrogen and oxygen atoms in total. The van der Waals surface area contributed by atoms with Gasteiger partial charge in [-0.2, -0.15) is 0 Å². The third kappa shape index (κ3) is 2.40. The first kappa shape index (κ1) is 13.4. The highest BCUT2D eigenvalue weighted by Crippen LogP contribution is 2.30. The van der Waals surface area contributed by atoms with Gasteiger partial charge in [-0.1, -0.05) is 33.0 Å². The number of aromatic nitrogens is 4. The van der Waals surface area contributed by atoms with Crippen molar-refractivity contribution in [2.45, 2.75) is 26.2 Å². The number of aryl methyl sites for hydroxylation is 1. The molecular weight excluding hydrogens is 312 g/mol. The molecule has 0 atom stereocenters. The number of halogens is 1. The summed E-state index contributed by atoms with van der Waals surface area (Å²) in [6, 6.07) is 0. The van der Waals surface area contributed by atoms with Crippen LogP contribution in [0.5, 0.6) is 0 Å². The van der Waals surface area contributed by atoms with Gasteiger partial charge in [0.2, 0.25) is 0 Å². The van der Waals surface area contributed by atoms with Gasteiger partial charge in [0.1, 0.15) is 10.3 Å². The Kier molecular flexibility index (Phi) is 3.42. The smallest absolute Gasteiger partial charge is 0.157 e. The van der Waals surface area contributed by atoms with E-state index in [2.05, 4.69) is 51.7 Å². The molecule has 96 valence electrons. The second-order valence-corrected chi connectivity index (χ2v) is 6.40. The Morgan fingerprint density at radius 2 is 2.06 bits per heavy atom. The zero-order chi connectivity index (χ0) is 13.5. The van der Waals surface area contributed by atoms with Crippen LogP contribution in [0.3, 0.4) is 0 Å². The van der Waals surface area contributed by atoms with E-state index in [1.165, 1.54) is 0 Å². The van der Waals surface area contributed by atoms with Gasteiger partial charge in [0.05, 0.1) is 17.0 Å². The Balaban J connectivity index is 2.70. The fourth-order valence-corrected chi connectivity index (χ4v) is 2.66. The molecule has 0 fully saturated rings. The van der Waals surface area contributed by atoms with E-state index in [4.69, 9.17) is 12.2 Å². The van der Waals surface area contributed by atoms with Crippen LogP contribution in [-0.2, 0) is 12.5 Å². The molecule has 2 heterocycles. The summed E-state index contributed by atoms with van der Waals surface area (Å²) < 4.78 is 3.33. The van der Waals surface area contributed by atoms with Gasteiger partial charge >= 0.3 is 0 Å². The Morgan fingerprint density at radius 1 is 1.39 bits per heavy atom. The minimum Gasteiger partial charge on any atom is -0.340 e. The summed E-state index contributed by atoms with van der Waals surface area (Å²) in [6.07, 6.45) is 3.51. The van der Waals surface area contributed by atoms with Crippen LogP contribution in [0.2, 0.25) is 0 Å². The predicted octanol–water partition coefficient (Wildman–Crippen LogP) is 3.60. The number of aromatic amines is 1. The fourth-order valence-electron chi connectivity index (χ4n) is 1.68. The van der Waals surface area contributed by atoms with Crippen molar-refractivity contribution in [3.63, 3.8) is 0 Å². The summed E-state index contributed by atoms with van der Waals surface area (Å²) in [7, 11) is 1.93. The zero-order valence-electron chi connectivity index (χ0n) is 10.8. The van der Waals surface area contributed by atoms with Crippen molar-refractivity contribution in [3.05, 3.63) is 27.3 Å². The van der Waals surface area contributed by atoms with Gasteiger partial charge in [0, 0.05) is 18.2 Å². The number of hydrogen-bond acceptors (Lipinski definition) is 3.